The van der Waals surface area contributed by atoms with Gasteiger partial charge in [-0.15, -0.1) is 0 Å². The van der Waals surface area contributed by atoms with Crippen LogP contribution in [0.4, 0.5) is 0 Å². The second-order valence-electron chi connectivity index (χ2n) is 5.35. The summed E-state index contributed by atoms with van der Waals surface area (Å²) in [6, 6.07) is 9.21. The van der Waals surface area contributed by atoms with Crippen molar-refractivity contribution in [2.75, 3.05) is 6.54 Å². The number of aliphatic imine (C=N–C) groups is 1. The number of aromatic nitrogens is 2. The molecule has 0 spiro atoms. The number of rotatable bonds is 5. The maximum Gasteiger partial charge on any atom is 0.333 e. The number of nitrogens with zero attached hydrogens (tertiary/aromatic N) is 3. The summed E-state index contributed by atoms with van der Waals surface area (Å²) in [6.45, 7) is 2.60. The van der Waals surface area contributed by atoms with Crippen LogP contribution in [0.15, 0.2) is 44.9 Å². The fourth-order valence-electron chi connectivity index (χ4n) is 2.30. The molecule has 1 aromatic carbocycles. The molecule has 0 aliphatic heterocycles. The van der Waals surface area contributed by atoms with Crippen LogP contribution in [0, 0.1) is 0 Å². The first-order chi connectivity index (χ1) is 11.0. The monoisotopic (exact) mass is 315 g/mol. The average molecular weight is 315 g/mol. The zero-order valence-electron chi connectivity index (χ0n) is 13.6. The Hall–Kier alpha value is -2.63. The number of benzene rings is 1. The summed E-state index contributed by atoms with van der Waals surface area (Å²) in [7, 11) is 2.82. The van der Waals surface area contributed by atoms with E-state index < -0.39 is 11.2 Å². The van der Waals surface area contributed by atoms with E-state index in [9.17, 15) is 14.7 Å². The van der Waals surface area contributed by atoms with E-state index in [1.807, 2.05) is 30.3 Å². The van der Waals surface area contributed by atoms with Crippen LogP contribution < -0.4 is 11.2 Å². The Bertz CT molecular complexity index is 833. The molecule has 2 aromatic rings. The number of unbranched alkanes of at least 4 members (excludes halogenated alkanes) is 1. The Balaban J connectivity index is 2.74. The van der Waals surface area contributed by atoms with E-state index in [2.05, 4.69) is 11.9 Å². The van der Waals surface area contributed by atoms with Crippen molar-refractivity contribution in [1.82, 2.24) is 9.13 Å². The first-order valence-electron chi connectivity index (χ1n) is 7.58. The first kappa shape index (κ1) is 16.7. The van der Waals surface area contributed by atoms with Crippen LogP contribution in [-0.2, 0) is 14.1 Å². The Morgan fingerprint density at radius 1 is 1.13 bits per heavy atom. The molecular formula is C17H21N3O3. The van der Waals surface area contributed by atoms with Gasteiger partial charge >= 0.3 is 5.69 Å². The molecule has 6 heteroatoms. The van der Waals surface area contributed by atoms with E-state index in [-0.39, 0.29) is 11.4 Å². The number of aromatic hydroxyl groups is 1. The molecule has 0 bridgehead atoms. The van der Waals surface area contributed by atoms with Crippen LogP contribution in [-0.4, -0.2) is 26.5 Å². The molecule has 1 N–H and O–H groups in total. The van der Waals surface area contributed by atoms with E-state index in [1.165, 1.54) is 14.1 Å². The standard InChI is InChI=1S/C17H21N3O3/c1-4-5-11-18-14(12-9-7-6-8-10-12)13-15(21)19(2)17(23)20(3)16(13)22/h6-10,21H,4-5,11H2,1-3H3. The summed E-state index contributed by atoms with van der Waals surface area (Å²) < 4.78 is 2.03. The van der Waals surface area contributed by atoms with Crippen LogP contribution in [0.25, 0.3) is 0 Å². The highest BCUT2D eigenvalue weighted by atomic mass is 16.3. The normalized spacial score (nSPS) is 11.7. The molecule has 0 aliphatic carbocycles. The topological polar surface area (TPSA) is 76.6 Å². The SMILES string of the molecule is CCCCN=C(c1ccccc1)c1c(O)n(C)c(=O)n(C)c1=O. The van der Waals surface area contributed by atoms with Gasteiger partial charge in [0.05, 0.1) is 5.71 Å². The summed E-state index contributed by atoms with van der Waals surface area (Å²) in [5.41, 5.74) is 0.0706. The molecule has 2 rings (SSSR count). The van der Waals surface area contributed by atoms with Crippen molar-refractivity contribution in [3.63, 3.8) is 0 Å². The molecule has 23 heavy (non-hydrogen) atoms. The minimum Gasteiger partial charge on any atom is -0.494 e. The second kappa shape index (κ2) is 7.09. The molecule has 122 valence electrons. The molecular weight excluding hydrogens is 294 g/mol. The van der Waals surface area contributed by atoms with Gasteiger partial charge in [-0.1, -0.05) is 43.7 Å². The lowest BCUT2D eigenvalue weighted by Gasteiger charge is -2.13. The van der Waals surface area contributed by atoms with Gasteiger partial charge < -0.3 is 5.11 Å². The number of hydrogen-bond donors (Lipinski definition) is 1. The van der Waals surface area contributed by atoms with Crippen LogP contribution >= 0.6 is 0 Å². The fraction of sp³-hybridized carbons (Fsp3) is 0.353. The summed E-state index contributed by atoms with van der Waals surface area (Å²) in [6.07, 6.45) is 1.85. The van der Waals surface area contributed by atoms with E-state index in [0.29, 0.717) is 12.3 Å². The Morgan fingerprint density at radius 3 is 2.39 bits per heavy atom. The lowest BCUT2D eigenvalue weighted by atomic mass is 10.0. The van der Waals surface area contributed by atoms with Gasteiger partial charge in [0.25, 0.3) is 5.56 Å². The Labute approximate surface area is 134 Å². The third kappa shape index (κ3) is 3.26. The average Bonchev–Trinajstić information content (AvgIpc) is 2.58. The predicted molar refractivity (Wildman–Crippen MR) is 90.4 cm³/mol. The van der Waals surface area contributed by atoms with Crippen molar-refractivity contribution in [1.29, 1.82) is 0 Å². The van der Waals surface area contributed by atoms with Gasteiger partial charge in [-0.2, -0.15) is 0 Å². The Morgan fingerprint density at radius 2 is 1.78 bits per heavy atom. The highest BCUT2D eigenvalue weighted by molar-refractivity contribution is 6.13. The van der Waals surface area contributed by atoms with E-state index in [0.717, 1.165) is 27.5 Å². The van der Waals surface area contributed by atoms with Crippen LogP contribution in [0.1, 0.15) is 30.9 Å². The first-order valence-corrected chi connectivity index (χ1v) is 7.58. The molecule has 0 amide bonds. The quantitative estimate of drug-likeness (QED) is 0.670. The van der Waals surface area contributed by atoms with Gasteiger partial charge in [-0.05, 0) is 6.42 Å². The molecule has 0 radical (unpaired) electrons. The van der Waals surface area contributed by atoms with Crippen LogP contribution in [0.2, 0.25) is 0 Å². The van der Waals surface area contributed by atoms with Crippen molar-refractivity contribution in [2.45, 2.75) is 19.8 Å². The number of hydrogen-bond acceptors (Lipinski definition) is 4. The molecule has 1 aromatic heterocycles. The van der Waals surface area contributed by atoms with Crippen molar-refractivity contribution in [3.8, 4) is 5.88 Å². The van der Waals surface area contributed by atoms with Gasteiger partial charge in [0.1, 0.15) is 5.56 Å². The van der Waals surface area contributed by atoms with E-state index >= 15 is 0 Å². The van der Waals surface area contributed by atoms with Crippen molar-refractivity contribution >= 4 is 5.71 Å². The highest BCUT2D eigenvalue weighted by Gasteiger charge is 2.21. The summed E-state index contributed by atoms with van der Waals surface area (Å²) in [5, 5.41) is 10.3. The second-order valence-corrected chi connectivity index (χ2v) is 5.35. The summed E-state index contributed by atoms with van der Waals surface area (Å²) >= 11 is 0. The molecule has 0 fully saturated rings. The lowest BCUT2D eigenvalue weighted by molar-refractivity contribution is 0.410. The molecule has 0 saturated heterocycles. The molecule has 0 saturated carbocycles. The third-order valence-corrected chi connectivity index (χ3v) is 3.70. The molecule has 0 unspecified atom stereocenters. The largest absolute Gasteiger partial charge is 0.494 e. The molecule has 0 atom stereocenters. The fourth-order valence-corrected chi connectivity index (χ4v) is 2.30. The third-order valence-electron chi connectivity index (χ3n) is 3.70. The maximum absolute atomic E-state index is 12.5. The van der Waals surface area contributed by atoms with Crippen molar-refractivity contribution in [2.24, 2.45) is 19.1 Å². The molecule has 1 heterocycles. The van der Waals surface area contributed by atoms with Crippen LogP contribution in [0.5, 0.6) is 5.88 Å². The summed E-state index contributed by atoms with van der Waals surface area (Å²) in [5.74, 6) is -0.364. The van der Waals surface area contributed by atoms with Crippen molar-refractivity contribution < 1.29 is 5.11 Å². The predicted octanol–water partition coefficient (Wildman–Crippen LogP) is 1.43. The highest BCUT2D eigenvalue weighted by Crippen LogP contribution is 2.16. The zero-order chi connectivity index (χ0) is 17.0. The van der Waals surface area contributed by atoms with Gasteiger partial charge in [-0.25, -0.2) is 4.79 Å². The van der Waals surface area contributed by atoms with Gasteiger partial charge in [0, 0.05) is 26.2 Å². The van der Waals surface area contributed by atoms with Crippen molar-refractivity contribution in [3.05, 3.63) is 62.3 Å². The minimum atomic E-state index is -0.572. The van der Waals surface area contributed by atoms with Gasteiger partial charge in [0.2, 0.25) is 5.88 Å². The van der Waals surface area contributed by atoms with E-state index in [1.54, 1.807) is 0 Å². The zero-order valence-corrected chi connectivity index (χ0v) is 13.6. The van der Waals surface area contributed by atoms with E-state index in [4.69, 9.17) is 0 Å². The maximum atomic E-state index is 12.5. The van der Waals surface area contributed by atoms with Gasteiger partial charge in [-0.3, -0.25) is 18.9 Å². The van der Waals surface area contributed by atoms with Gasteiger partial charge in [0.15, 0.2) is 0 Å². The summed E-state index contributed by atoms with van der Waals surface area (Å²) in [4.78, 5) is 28.9. The Kier molecular flexibility index (Phi) is 5.16. The minimum absolute atomic E-state index is 0.0527. The lowest BCUT2D eigenvalue weighted by Crippen LogP contribution is -2.40. The van der Waals surface area contributed by atoms with Crippen LogP contribution in [0.3, 0.4) is 0 Å². The molecule has 0 aliphatic rings. The smallest absolute Gasteiger partial charge is 0.333 e. The molecule has 6 nitrogen and oxygen atoms in total.